The lowest BCUT2D eigenvalue weighted by Gasteiger charge is -2.29. The molecule has 42 heavy (non-hydrogen) atoms. The van der Waals surface area contributed by atoms with Gasteiger partial charge in [-0.3, -0.25) is 0 Å². The summed E-state index contributed by atoms with van der Waals surface area (Å²) in [4.78, 5) is 6.92. The molecular formula is C29H40ClN7O4S. The third-order valence-corrected chi connectivity index (χ3v) is 10.4. The second-order valence-electron chi connectivity index (χ2n) is 11.7. The Labute approximate surface area is 253 Å². The van der Waals surface area contributed by atoms with Gasteiger partial charge < -0.3 is 19.8 Å². The molecule has 2 N–H and O–H groups in total. The highest BCUT2D eigenvalue weighted by atomic mass is 35.5. The van der Waals surface area contributed by atoms with Gasteiger partial charge in [0.25, 0.3) is 0 Å². The Balaban J connectivity index is 1.56. The quantitative estimate of drug-likeness (QED) is 0.301. The summed E-state index contributed by atoms with van der Waals surface area (Å²) in [7, 11) is -0.722. The van der Waals surface area contributed by atoms with E-state index in [1.807, 2.05) is 37.3 Å². The first-order valence-corrected chi connectivity index (χ1v) is 16.1. The predicted octanol–water partition coefficient (Wildman–Crippen LogP) is 4.09. The number of nitrogens with two attached hydrogens (primary N) is 1. The van der Waals surface area contributed by atoms with Gasteiger partial charge in [0.15, 0.2) is 5.82 Å². The molecule has 1 aliphatic carbocycles. The van der Waals surface area contributed by atoms with E-state index in [1.54, 1.807) is 13.2 Å². The van der Waals surface area contributed by atoms with Crippen LogP contribution < -0.4 is 14.9 Å². The van der Waals surface area contributed by atoms with Crippen LogP contribution in [-0.4, -0.2) is 74.8 Å². The zero-order valence-corrected chi connectivity index (χ0v) is 26.2. The number of benzene rings is 1. The first-order chi connectivity index (χ1) is 20.0. The normalized spacial score (nSPS) is 20.4. The van der Waals surface area contributed by atoms with Gasteiger partial charge in [-0.2, -0.15) is 12.7 Å². The molecule has 1 saturated heterocycles. The molecule has 3 aromatic rings. The van der Waals surface area contributed by atoms with Crippen molar-refractivity contribution in [1.29, 1.82) is 0 Å². The maximum atomic E-state index is 13.6. The fourth-order valence-corrected chi connectivity index (χ4v) is 7.10. The van der Waals surface area contributed by atoms with Gasteiger partial charge in [-0.1, -0.05) is 48.9 Å². The minimum absolute atomic E-state index is 0.0990. The number of halogens is 1. The standard InChI is InChI=1S/C29H40ClN7O4S/c1-20-16-22(20)19-36(14-15-40-4)24-17-23(25(30)26(32-24)35(3)42(38,39)37-12-8-9-13-37)27-33-34-28(41-27)29(2,31)18-21-10-6-5-7-11-21/h5-7,10-11,17,20,22H,8-9,12-16,18-19,31H2,1-4H3/t20?,22?,29-/m1/s1. The average molecular weight is 618 g/mol. The zero-order valence-electron chi connectivity index (χ0n) is 24.7. The van der Waals surface area contributed by atoms with Crippen molar-refractivity contribution in [2.45, 2.75) is 45.1 Å². The van der Waals surface area contributed by atoms with Crippen molar-refractivity contribution in [2.75, 3.05) is 56.1 Å². The van der Waals surface area contributed by atoms with Gasteiger partial charge >= 0.3 is 10.2 Å². The molecule has 1 aliphatic heterocycles. The number of hydrogen-bond donors (Lipinski definition) is 1. The van der Waals surface area contributed by atoms with Crippen LogP contribution in [-0.2, 0) is 26.9 Å². The molecule has 0 spiro atoms. The largest absolute Gasteiger partial charge is 0.419 e. The third-order valence-electron chi connectivity index (χ3n) is 8.14. The van der Waals surface area contributed by atoms with Crippen LogP contribution in [0.1, 0.15) is 44.6 Å². The first-order valence-electron chi connectivity index (χ1n) is 14.4. The van der Waals surface area contributed by atoms with Crippen molar-refractivity contribution in [3.63, 3.8) is 0 Å². The molecule has 1 aromatic carbocycles. The van der Waals surface area contributed by atoms with Crippen LogP contribution in [0.25, 0.3) is 11.5 Å². The van der Waals surface area contributed by atoms with E-state index >= 15 is 0 Å². The zero-order chi connectivity index (χ0) is 30.1. The lowest BCUT2D eigenvalue weighted by atomic mass is 9.94. The number of pyridine rings is 1. The maximum Gasteiger partial charge on any atom is 0.305 e. The summed E-state index contributed by atoms with van der Waals surface area (Å²) in [6.07, 6.45) is 3.24. The highest BCUT2D eigenvalue weighted by Gasteiger charge is 2.37. The molecule has 2 aromatic heterocycles. The molecule has 3 atom stereocenters. The van der Waals surface area contributed by atoms with E-state index < -0.39 is 15.7 Å². The van der Waals surface area contributed by atoms with E-state index in [9.17, 15) is 8.42 Å². The van der Waals surface area contributed by atoms with Crippen LogP contribution in [0.5, 0.6) is 0 Å². The van der Waals surface area contributed by atoms with E-state index in [0.29, 0.717) is 55.9 Å². The second kappa shape index (κ2) is 12.5. The fraction of sp³-hybridized carbons (Fsp3) is 0.552. The van der Waals surface area contributed by atoms with Crippen LogP contribution in [0.3, 0.4) is 0 Å². The number of ether oxygens (including phenoxy) is 1. The van der Waals surface area contributed by atoms with E-state index in [2.05, 4.69) is 22.0 Å². The number of methoxy groups -OCH3 is 1. The number of anilines is 2. The molecule has 0 bridgehead atoms. The number of rotatable bonds is 13. The Morgan fingerprint density at radius 2 is 1.90 bits per heavy atom. The van der Waals surface area contributed by atoms with Gasteiger partial charge in [-0.15, -0.1) is 10.2 Å². The van der Waals surface area contributed by atoms with Crippen molar-refractivity contribution in [1.82, 2.24) is 19.5 Å². The third kappa shape index (κ3) is 6.57. The Morgan fingerprint density at radius 1 is 1.21 bits per heavy atom. The SMILES string of the molecule is COCCN(CC1CC1C)c1cc(-c2nnc([C@](C)(N)Cc3ccccc3)o2)c(Cl)c(N(C)S(=O)(=O)N2CCCC2)n1. The highest BCUT2D eigenvalue weighted by Crippen LogP contribution is 2.42. The molecule has 5 rings (SSSR count). The van der Waals surface area contributed by atoms with Crippen molar-refractivity contribution < 1.29 is 17.6 Å². The minimum atomic E-state index is -3.85. The van der Waals surface area contributed by atoms with Crippen molar-refractivity contribution in [2.24, 2.45) is 17.6 Å². The van der Waals surface area contributed by atoms with Crippen molar-refractivity contribution in [3.8, 4) is 11.5 Å². The Kier molecular flexibility index (Phi) is 9.10. The Hall–Kier alpha value is -2.77. The van der Waals surface area contributed by atoms with Crippen molar-refractivity contribution in [3.05, 3.63) is 52.9 Å². The molecule has 0 amide bonds. The van der Waals surface area contributed by atoms with Gasteiger partial charge in [-0.05, 0) is 56.1 Å². The smallest absolute Gasteiger partial charge is 0.305 e. The monoisotopic (exact) mass is 617 g/mol. The number of nitrogens with zero attached hydrogens (tertiary/aromatic N) is 6. The van der Waals surface area contributed by atoms with Crippen molar-refractivity contribution >= 4 is 33.4 Å². The number of aromatic nitrogens is 3. The molecule has 11 nitrogen and oxygen atoms in total. The molecule has 2 unspecified atom stereocenters. The minimum Gasteiger partial charge on any atom is -0.419 e. The Morgan fingerprint density at radius 3 is 2.55 bits per heavy atom. The molecule has 2 fully saturated rings. The molecule has 2 aliphatic rings. The van der Waals surface area contributed by atoms with Gasteiger partial charge in [0.1, 0.15) is 5.82 Å². The summed E-state index contributed by atoms with van der Waals surface area (Å²) in [5.41, 5.74) is 7.13. The van der Waals surface area contributed by atoms with E-state index in [-0.39, 0.29) is 22.6 Å². The number of hydrogen-bond acceptors (Lipinski definition) is 9. The van der Waals surface area contributed by atoms with Crippen LogP contribution in [0, 0.1) is 11.8 Å². The van der Waals surface area contributed by atoms with Gasteiger partial charge in [-0.25, -0.2) is 9.29 Å². The lowest BCUT2D eigenvalue weighted by molar-refractivity contribution is 0.204. The Bertz CT molecular complexity index is 1480. The van der Waals surface area contributed by atoms with Crippen LogP contribution in [0.2, 0.25) is 5.02 Å². The lowest BCUT2D eigenvalue weighted by Crippen LogP contribution is -2.41. The molecular weight excluding hydrogens is 578 g/mol. The maximum absolute atomic E-state index is 13.6. The molecule has 0 radical (unpaired) electrons. The molecule has 3 heterocycles. The topological polar surface area (TPSA) is 131 Å². The van der Waals surface area contributed by atoms with Gasteiger partial charge in [0.05, 0.1) is 22.7 Å². The molecule has 228 valence electrons. The summed E-state index contributed by atoms with van der Waals surface area (Å²) in [6, 6.07) is 11.6. The molecule has 1 saturated carbocycles. The average Bonchev–Trinajstić information content (AvgIpc) is 3.38. The van der Waals surface area contributed by atoms with E-state index in [4.69, 9.17) is 31.5 Å². The van der Waals surface area contributed by atoms with Gasteiger partial charge in [0, 0.05) is 40.3 Å². The second-order valence-corrected chi connectivity index (χ2v) is 14.0. The van der Waals surface area contributed by atoms with Crippen LogP contribution >= 0.6 is 11.6 Å². The highest BCUT2D eigenvalue weighted by molar-refractivity contribution is 7.90. The van der Waals surface area contributed by atoms with Gasteiger partial charge in [0.2, 0.25) is 11.8 Å². The summed E-state index contributed by atoms with van der Waals surface area (Å²) in [6.45, 7) is 6.78. The summed E-state index contributed by atoms with van der Waals surface area (Å²) in [5, 5.41) is 8.70. The molecule has 13 heteroatoms. The summed E-state index contributed by atoms with van der Waals surface area (Å²) in [5.74, 6) is 2.18. The summed E-state index contributed by atoms with van der Waals surface area (Å²) >= 11 is 6.94. The van der Waals surface area contributed by atoms with E-state index in [0.717, 1.165) is 35.7 Å². The fourth-order valence-electron chi connectivity index (χ4n) is 5.33. The van der Waals surface area contributed by atoms with E-state index in [1.165, 1.54) is 11.4 Å². The predicted molar refractivity (Wildman–Crippen MR) is 164 cm³/mol. The van der Waals surface area contributed by atoms with Crippen LogP contribution in [0.4, 0.5) is 11.6 Å². The summed E-state index contributed by atoms with van der Waals surface area (Å²) < 4.78 is 41.3. The first kappa shape index (κ1) is 30.7. The van der Waals surface area contributed by atoms with Crippen LogP contribution in [0.15, 0.2) is 40.8 Å².